The van der Waals surface area contributed by atoms with Crippen LogP contribution in [0.1, 0.15) is 19.4 Å². The number of ether oxygens (including phenoxy) is 1. The molecule has 27 heavy (non-hydrogen) atoms. The Morgan fingerprint density at radius 1 is 0.963 bits per heavy atom. The van der Waals surface area contributed by atoms with Crippen molar-refractivity contribution < 1.29 is 9.53 Å². The molecule has 0 saturated carbocycles. The Kier molecular flexibility index (Phi) is 4.29. The first-order valence-electron chi connectivity index (χ1n) is 8.29. The van der Waals surface area contributed by atoms with Crippen LogP contribution in [0.4, 0.5) is 11.5 Å². The molecule has 7 heteroatoms. The highest BCUT2D eigenvalue weighted by Gasteiger charge is 2.48. The van der Waals surface area contributed by atoms with Gasteiger partial charge < -0.3 is 4.74 Å². The summed E-state index contributed by atoms with van der Waals surface area (Å²) in [7, 11) is 0. The lowest BCUT2D eigenvalue weighted by molar-refractivity contribution is -0.121. The van der Waals surface area contributed by atoms with E-state index in [1.807, 2.05) is 42.5 Å². The third kappa shape index (κ3) is 2.93. The van der Waals surface area contributed by atoms with Crippen molar-refractivity contribution in [1.29, 1.82) is 0 Å². The van der Waals surface area contributed by atoms with E-state index in [4.69, 9.17) is 27.9 Å². The van der Waals surface area contributed by atoms with E-state index < -0.39 is 5.41 Å². The molecule has 0 atom stereocenters. The zero-order valence-corrected chi connectivity index (χ0v) is 16.1. The van der Waals surface area contributed by atoms with Crippen molar-refractivity contribution in [1.82, 2.24) is 9.97 Å². The molecule has 0 fully saturated rings. The SMILES string of the molecule is CC1(C)C(=O)N(c2ccccc2Oc2ccccc2)c2nc(Cl)nc(Cl)c21. The molecule has 136 valence electrons. The molecule has 0 bridgehead atoms. The first kappa shape index (κ1) is 17.8. The molecule has 0 radical (unpaired) electrons. The number of fused-ring (bicyclic) bond motifs is 1. The van der Waals surface area contributed by atoms with Crippen LogP contribution in [0.5, 0.6) is 11.5 Å². The van der Waals surface area contributed by atoms with Gasteiger partial charge in [-0.3, -0.25) is 9.69 Å². The molecule has 0 spiro atoms. The van der Waals surface area contributed by atoms with Gasteiger partial charge in [0.1, 0.15) is 10.9 Å². The smallest absolute Gasteiger partial charge is 0.243 e. The fraction of sp³-hybridized carbons (Fsp3) is 0.150. The largest absolute Gasteiger partial charge is 0.455 e. The highest BCUT2D eigenvalue weighted by atomic mass is 35.5. The van der Waals surface area contributed by atoms with Crippen molar-refractivity contribution in [2.45, 2.75) is 19.3 Å². The summed E-state index contributed by atoms with van der Waals surface area (Å²) in [4.78, 5) is 23.0. The Morgan fingerprint density at radius 3 is 2.37 bits per heavy atom. The summed E-state index contributed by atoms with van der Waals surface area (Å²) in [5.74, 6) is 1.38. The number of benzene rings is 2. The van der Waals surface area contributed by atoms with E-state index in [0.717, 1.165) is 0 Å². The number of nitrogens with zero attached hydrogens (tertiary/aromatic N) is 3. The van der Waals surface area contributed by atoms with Crippen LogP contribution in [0.2, 0.25) is 10.4 Å². The van der Waals surface area contributed by atoms with Gasteiger partial charge in [0, 0.05) is 5.56 Å². The van der Waals surface area contributed by atoms with Crippen molar-refractivity contribution in [3.8, 4) is 11.5 Å². The summed E-state index contributed by atoms with van der Waals surface area (Å²) < 4.78 is 6.01. The van der Waals surface area contributed by atoms with Gasteiger partial charge in [-0.1, -0.05) is 41.9 Å². The highest BCUT2D eigenvalue weighted by Crippen LogP contribution is 2.49. The Morgan fingerprint density at radius 2 is 1.63 bits per heavy atom. The Bertz CT molecular complexity index is 1040. The number of amides is 1. The average Bonchev–Trinajstić information content (AvgIpc) is 2.82. The molecule has 5 nitrogen and oxygen atoms in total. The van der Waals surface area contributed by atoms with Crippen LogP contribution >= 0.6 is 23.2 Å². The van der Waals surface area contributed by atoms with Crippen LogP contribution in [0.3, 0.4) is 0 Å². The first-order chi connectivity index (χ1) is 12.9. The lowest BCUT2D eigenvalue weighted by Crippen LogP contribution is -2.33. The van der Waals surface area contributed by atoms with Crippen LogP contribution in [-0.4, -0.2) is 15.9 Å². The standard InChI is InChI=1S/C20H15Cl2N3O2/c1-20(2)15-16(21)23-19(22)24-17(15)25(18(20)26)13-10-6-7-11-14(13)27-12-8-4-3-5-9-12/h3-11H,1-2H3. The van der Waals surface area contributed by atoms with E-state index in [2.05, 4.69) is 9.97 Å². The second kappa shape index (κ2) is 6.51. The molecule has 3 aromatic rings. The minimum absolute atomic E-state index is 0.0179. The molecule has 4 rings (SSSR count). The first-order valence-corrected chi connectivity index (χ1v) is 9.05. The minimum atomic E-state index is -0.892. The van der Waals surface area contributed by atoms with Gasteiger partial charge in [-0.05, 0) is 49.7 Å². The van der Waals surface area contributed by atoms with Crippen molar-refractivity contribution >= 4 is 40.6 Å². The topological polar surface area (TPSA) is 55.3 Å². The minimum Gasteiger partial charge on any atom is -0.455 e. The van der Waals surface area contributed by atoms with Crippen LogP contribution in [0.15, 0.2) is 54.6 Å². The van der Waals surface area contributed by atoms with Gasteiger partial charge in [0.25, 0.3) is 0 Å². The maximum absolute atomic E-state index is 13.3. The third-order valence-electron chi connectivity index (χ3n) is 4.47. The number of carbonyl (C=O) groups is 1. The quantitative estimate of drug-likeness (QED) is 0.428. The summed E-state index contributed by atoms with van der Waals surface area (Å²) in [6, 6.07) is 16.6. The van der Waals surface area contributed by atoms with Gasteiger partial charge in [-0.15, -0.1) is 0 Å². The maximum atomic E-state index is 13.3. The van der Waals surface area contributed by atoms with Gasteiger partial charge in [0.05, 0.1) is 11.1 Å². The Balaban J connectivity index is 1.87. The van der Waals surface area contributed by atoms with Crippen LogP contribution in [-0.2, 0) is 10.2 Å². The second-order valence-electron chi connectivity index (χ2n) is 6.63. The van der Waals surface area contributed by atoms with E-state index in [1.165, 1.54) is 4.90 Å². The zero-order valence-electron chi connectivity index (χ0n) is 14.6. The van der Waals surface area contributed by atoms with E-state index in [-0.39, 0.29) is 16.3 Å². The van der Waals surface area contributed by atoms with E-state index in [1.54, 1.807) is 26.0 Å². The predicted octanol–water partition coefficient (Wildman–Crippen LogP) is 5.53. The molecule has 2 heterocycles. The molecule has 1 aliphatic rings. The summed E-state index contributed by atoms with van der Waals surface area (Å²) in [6.07, 6.45) is 0. The molecule has 1 aliphatic heterocycles. The molecular weight excluding hydrogens is 385 g/mol. The van der Waals surface area contributed by atoms with Gasteiger partial charge in [0.15, 0.2) is 11.6 Å². The van der Waals surface area contributed by atoms with Gasteiger partial charge in [-0.25, -0.2) is 4.98 Å². The van der Waals surface area contributed by atoms with E-state index >= 15 is 0 Å². The lowest BCUT2D eigenvalue weighted by Gasteiger charge is -2.22. The van der Waals surface area contributed by atoms with Gasteiger partial charge in [0.2, 0.25) is 11.2 Å². The molecule has 1 amide bonds. The van der Waals surface area contributed by atoms with Crippen LogP contribution in [0.25, 0.3) is 0 Å². The fourth-order valence-electron chi connectivity index (χ4n) is 3.15. The van der Waals surface area contributed by atoms with Crippen LogP contribution in [0, 0.1) is 0 Å². The van der Waals surface area contributed by atoms with Crippen LogP contribution < -0.4 is 9.64 Å². The molecule has 0 aliphatic carbocycles. The lowest BCUT2D eigenvalue weighted by atomic mass is 9.88. The monoisotopic (exact) mass is 399 g/mol. The maximum Gasteiger partial charge on any atom is 0.243 e. The number of rotatable bonds is 3. The van der Waals surface area contributed by atoms with Crippen molar-refractivity contribution in [2.24, 2.45) is 0 Å². The summed E-state index contributed by atoms with van der Waals surface area (Å²) in [5, 5.41) is 0.156. The van der Waals surface area contributed by atoms with Crippen molar-refractivity contribution in [2.75, 3.05) is 4.90 Å². The molecular formula is C20H15Cl2N3O2. The third-order valence-corrected chi connectivity index (χ3v) is 4.91. The Labute approximate surface area is 166 Å². The normalized spacial score (nSPS) is 15.0. The number of aromatic nitrogens is 2. The molecule has 0 unspecified atom stereocenters. The molecule has 0 N–H and O–H groups in total. The van der Waals surface area contributed by atoms with E-state index in [0.29, 0.717) is 28.6 Å². The van der Waals surface area contributed by atoms with Crippen molar-refractivity contribution in [3.05, 3.63) is 70.6 Å². The molecule has 1 aromatic heterocycles. The summed E-state index contributed by atoms with van der Waals surface area (Å²) in [6.45, 7) is 3.58. The van der Waals surface area contributed by atoms with Gasteiger partial charge >= 0.3 is 0 Å². The number of anilines is 2. The highest BCUT2D eigenvalue weighted by molar-refractivity contribution is 6.34. The Hall–Kier alpha value is -2.63. The molecule has 0 saturated heterocycles. The summed E-state index contributed by atoms with van der Waals surface area (Å²) in [5.41, 5.74) is 0.216. The molecule has 2 aromatic carbocycles. The average molecular weight is 400 g/mol. The summed E-state index contributed by atoms with van der Waals surface area (Å²) >= 11 is 12.3. The zero-order chi connectivity index (χ0) is 19.2. The number of hydrogen-bond donors (Lipinski definition) is 0. The van der Waals surface area contributed by atoms with Gasteiger partial charge in [-0.2, -0.15) is 4.98 Å². The number of halogens is 2. The van der Waals surface area contributed by atoms with Crippen molar-refractivity contribution in [3.63, 3.8) is 0 Å². The fourth-order valence-corrected chi connectivity index (χ4v) is 3.76. The van der Waals surface area contributed by atoms with E-state index in [9.17, 15) is 4.79 Å². The number of para-hydroxylation sites is 3. The number of carbonyl (C=O) groups excluding carboxylic acids is 1. The second-order valence-corrected chi connectivity index (χ2v) is 7.33. The predicted molar refractivity (Wildman–Crippen MR) is 105 cm³/mol. The number of hydrogen-bond acceptors (Lipinski definition) is 4.